The van der Waals surface area contributed by atoms with Crippen LogP contribution in [-0.4, -0.2) is 33.7 Å². The third-order valence-electron chi connectivity index (χ3n) is 6.18. The third kappa shape index (κ3) is 5.57. The molecule has 38 heavy (non-hydrogen) atoms. The predicted molar refractivity (Wildman–Crippen MR) is 150 cm³/mol. The minimum absolute atomic E-state index is 0.261. The lowest BCUT2D eigenvalue weighted by Gasteiger charge is -2.08. The van der Waals surface area contributed by atoms with E-state index < -0.39 is 9.84 Å². The van der Waals surface area contributed by atoms with Crippen molar-refractivity contribution in [1.29, 1.82) is 0 Å². The Labute approximate surface area is 222 Å². The zero-order valence-electron chi connectivity index (χ0n) is 21.8. The van der Waals surface area contributed by atoms with Gasteiger partial charge in [0.2, 0.25) is 0 Å². The number of aromatic nitrogens is 4. The number of hydrogen-bond donors (Lipinski definition) is 1. The van der Waals surface area contributed by atoms with Crippen molar-refractivity contribution in [3.05, 3.63) is 96.8 Å². The minimum Gasteiger partial charge on any atom is -0.360 e. The fraction of sp³-hybridized carbons (Fsp3) is 0.241. The van der Waals surface area contributed by atoms with Crippen LogP contribution in [0, 0.1) is 12.8 Å². The second-order valence-corrected chi connectivity index (χ2v) is 12.0. The van der Waals surface area contributed by atoms with Crippen LogP contribution >= 0.6 is 0 Å². The molecule has 0 unspecified atom stereocenters. The molecule has 0 aliphatic heterocycles. The molecule has 3 aromatic heterocycles. The van der Waals surface area contributed by atoms with Gasteiger partial charge in [-0.2, -0.15) is 5.10 Å². The highest BCUT2D eigenvalue weighted by atomic mass is 32.2. The van der Waals surface area contributed by atoms with E-state index in [1.165, 1.54) is 0 Å². The Morgan fingerprint density at radius 1 is 1.08 bits per heavy atom. The van der Waals surface area contributed by atoms with Gasteiger partial charge in [0, 0.05) is 53.7 Å². The molecule has 0 amide bonds. The highest BCUT2D eigenvalue weighted by Crippen LogP contribution is 2.29. The Balaban J connectivity index is 1.41. The monoisotopic (exact) mass is 529 g/mol. The van der Waals surface area contributed by atoms with Crippen LogP contribution in [0.4, 0.5) is 5.82 Å². The average molecular weight is 530 g/mol. The van der Waals surface area contributed by atoms with Gasteiger partial charge in [-0.15, -0.1) is 0 Å². The molecule has 9 heteroatoms. The molecule has 0 saturated heterocycles. The molecule has 0 atom stereocenters. The molecule has 196 valence electrons. The number of para-hydroxylation sites is 1. The number of nitrogens with zero attached hydrogens (tertiary/aromatic N) is 4. The smallest absolute Gasteiger partial charge is 0.186 e. The first-order valence-corrected chi connectivity index (χ1v) is 14.1. The maximum absolute atomic E-state index is 13.5. The maximum Gasteiger partial charge on any atom is 0.186 e. The molecular weight excluding hydrogens is 498 g/mol. The SMILES string of the molecule is C=C(CS(=O)(=O)c1cn(Cc2cccc(-c3cnn(CC(C)C)c3)c2)c2ccccc12)Nc1cc(C)on1. The predicted octanol–water partition coefficient (Wildman–Crippen LogP) is 5.91. The Kier molecular flexibility index (Phi) is 6.94. The highest BCUT2D eigenvalue weighted by Gasteiger charge is 2.23. The summed E-state index contributed by atoms with van der Waals surface area (Å²) in [5.41, 5.74) is 4.37. The standard InChI is InChI=1S/C29H31N5O3S/c1-20(2)15-34-17-25(14-30-34)24-9-7-8-23(13-24)16-33-18-28(26-10-5-6-11-27(26)33)38(35,36)19-21(3)31-29-12-22(4)37-32-29/h5-14,17-18,20H,3,15-16,19H2,1-2,4H3,(H,31,32). The summed E-state index contributed by atoms with van der Waals surface area (Å²) in [7, 11) is -3.68. The first-order chi connectivity index (χ1) is 18.2. The second kappa shape index (κ2) is 10.3. The van der Waals surface area contributed by atoms with Crippen LogP contribution in [0.15, 0.2) is 94.9 Å². The summed E-state index contributed by atoms with van der Waals surface area (Å²) in [5, 5.41) is 12.0. The van der Waals surface area contributed by atoms with E-state index in [4.69, 9.17) is 4.52 Å². The van der Waals surface area contributed by atoms with Crippen molar-refractivity contribution < 1.29 is 12.9 Å². The topological polar surface area (TPSA) is 95.0 Å². The lowest BCUT2D eigenvalue weighted by atomic mass is 10.1. The van der Waals surface area contributed by atoms with Gasteiger partial charge >= 0.3 is 0 Å². The molecule has 2 aromatic carbocycles. The van der Waals surface area contributed by atoms with Gasteiger partial charge < -0.3 is 14.4 Å². The molecule has 3 heterocycles. The second-order valence-electron chi connectivity index (χ2n) is 9.99. The van der Waals surface area contributed by atoms with Crippen molar-refractivity contribution in [2.75, 3.05) is 11.1 Å². The number of fused-ring (bicyclic) bond motifs is 1. The number of sulfone groups is 1. The van der Waals surface area contributed by atoms with E-state index >= 15 is 0 Å². The van der Waals surface area contributed by atoms with Gasteiger partial charge in [-0.25, -0.2) is 8.42 Å². The van der Waals surface area contributed by atoms with Crippen LogP contribution in [0.5, 0.6) is 0 Å². The highest BCUT2D eigenvalue weighted by molar-refractivity contribution is 7.91. The number of aryl methyl sites for hydroxylation is 1. The summed E-state index contributed by atoms with van der Waals surface area (Å²) in [6, 6.07) is 17.5. The molecule has 0 aliphatic rings. The summed E-state index contributed by atoms with van der Waals surface area (Å²) < 4.78 is 35.9. The van der Waals surface area contributed by atoms with E-state index in [1.54, 1.807) is 19.2 Å². The van der Waals surface area contributed by atoms with Gasteiger partial charge in [0.05, 0.1) is 16.8 Å². The molecule has 8 nitrogen and oxygen atoms in total. The van der Waals surface area contributed by atoms with Gasteiger partial charge in [-0.1, -0.05) is 62.0 Å². The molecule has 0 fully saturated rings. The molecule has 5 rings (SSSR count). The van der Waals surface area contributed by atoms with E-state index in [9.17, 15) is 8.42 Å². The molecule has 1 N–H and O–H groups in total. The van der Waals surface area contributed by atoms with Crippen molar-refractivity contribution in [1.82, 2.24) is 19.5 Å². The van der Waals surface area contributed by atoms with Gasteiger partial charge in [0.1, 0.15) is 5.76 Å². The Bertz CT molecular complexity index is 1710. The summed E-state index contributed by atoms with van der Waals surface area (Å²) in [6.45, 7) is 11.4. The van der Waals surface area contributed by atoms with Crippen molar-refractivity contribution in [3.8, 4) is 11.1 Å². The summed E-state index contributed by atoms with van der Waals surface area (Å²) in [5.74, 6) is 1.31. The normalized spacial score (nSPS) is 11.9. The van der Waals surface area contributed by atoms with Gasteiger partial charge in [0.15, 0.2) is 15.7 Å². The molecule has 0 bridgehead atoms. The summed E-state index contributed by atoms with van der Waals surface area (Å²) >= 11 is 0. The first-order valence-electron chi connectivity index (χ1n) is 12.5. The van der Waals surface area contributed by atoms with Crippen molar-refractivity contribution in [2.45, 2.75) is 38.8 Å². The van der Waals surface area contributed by atoms with Gasteiger partial charge in [0.25, 0.3) is 0 Å². The maximum atomic E-state index is 13.5. The van der Waals surface area contributed by atoms with E-state index in [1.807, 2.05) is 45.8 Å². The van der Waals surface area contributed by atoms with Crippen LogP contribution in [-0.2, 0) is 22.9 Å². The molecular formula is C29H31N5O3S. The number of hydrogen-bond acceptors (Lipinski definition) is 6. The van der Waals surface area contributed by atoms with E-state index in [0.717, 1.165) is 28.8 Å². The average Bonchev–Trinajstić information content (AvgIpc) is 3.58. The molecule has 0 radical (unpaired) electrons. The molecule has 0 spiro atoms. The van der Waals surface area contributed by atoms with Crippen LogP contribution in [0.2, 0.25) is 0 Å². The Morgan fingerprint density at radius 3 is 2.66 bits per heavy atom. The largest absolute Gasteiger partial charge is 0.360 e. The Hall–Kier alpha value is -4.11. The number of anilines is 1. The fourth-order valence-corrected chi connectivity index (χ4v) is 6.06. The van der Waals surface area contributed by atoms with E-state index in [-0.39, 0.29) is 10.6 Å². The quantitative estimate of drug-likeness (QED) is 0.242. The van der Waals surface area contributed by atoms with Crippen molar-refractivity contribution in [3.63, 3.8) is 0 Å². The van der Waals surface area contributed by atoms with Crippen molar-refractivity contribution >= 4 is 26.6 Å². The number of nitrogens with one attached hydrogen (secondary N) is 1. The molecule has 0 aliphatic carbocycles. The van der Waals surface area contributed by atoms with Gasteiger partial charge in [-0.05, 0) is 36.1 Å². The summed E-state index contributed by atoms with van der Waals surface area (Å²) in [6.07, 6.45) is 5.68. The number of rotatable bonds is 10. The van der Waals surface area contributed by atoms with Crippen LogP contribution in [0.3, 0.4) is 0 Å². The first kappa shape index (κ1) is 25.5. The van der Waals surface area contributed by atoms with Crippen LogP contribution < -0.4 is 5.32 Å². The zero-order valence-corrected chi connectivity index (χ0v) is 22.6. The molecule has 0 saturated carbocycles. The summed E-state index contributed by atoms with van der Waals surface area (Å²) in [4.78, 5) is 0.276. The zero-order chi connectivity index (χ0) is 26.9. The lowest BCUT2D eigenvalue weighted by Crippen LogP contribution is -2.13. The molecule has 5 aromatic rings. The number of benzene rings is 2. The van der Waals surface area contributed by atoms with Gasteiger partial charge in [-0.3, -0.25) is 4.68 Å². The van der Waals surface area contributed by atoms with E-state index in [0.29, 0.717) is 35.1 Å². The van der Waals surface area contributed by atoms with Crippen molar-refractivity contribution in [2.24, 2.45) is 5.92 Å². The lowest BCUT2D eigenvalue weighted by molar-refractivity contribution is 0.400. The minimum atomic E-state index is -3.68. The Morgan fingerprint density at radius 2 is 1.89 bits per heavy atom. The third-order valence-corrected chi connectivity index (χ3v) is 7.91. The van der Waals surface area contributed by atoms with E-state index in [2.05, 4.69) is 60.4 Å². The van der Waals surface area contributed by atoms with Crippen LogP contribution in [0.25, 0.3) is 22.0 Å². The van der Waals surface area contributed by atoms with Crippen LogP contribution in [0.1, 0.15) is 25.2 Å². The fourth-order valence-electron chi connectivity index (χ4n) is 4.57.